The van der Waals surface area contributed by atoms with Crippen molar-refractivity contribution in [3.8, 4) is 0 Å². The Morgan fingerprint density at radius 3 is 2.20 bits per heavy atom. The van der Waals surface area contributed by atoms with Crippen LogP contribution in [-0.4, -0.2) is 5.78 Å². The van der Waals surface area contributed by atoms with E-state index < -0.39 is 0 Å². The van der Waals surface area contributed by atoms with Crippen molar-refractivity contribution in [2.75, 3.05) is 0 Å². The molecule has 1 aliphatic rings. The molecule has 0 aromatic heterocycles. The van der Waals surface area contributed by atoms with E-state index in [1.807, 2.05) is 30.3 Å². The molecule has 0 bridgehead atoms. The van der Waals surface area contributed by atoms with Gasteiger partial charge in [-0.2, -0.15) is 0 Å². The van der Waals surface area contributed by atoms with E-state index >= 15 is 0 Å². The molecule has 1 saturated carbocycles. The van der Waals surface area contributed by atoms with Crippen molar-refractivity contribution in [2.45, 2.75) is 12.3 Å². The number of carbonyl (C=O) groups is 1. The summed E-state index contributed by atoms with van der Waals surface area (Å²) in [7, 11) is 0. The number of benzene rings is 2. The lowest BCUT2D eigenvalue weighted by atomic mass is 10.0. The topological polar surface area (TPSA) is 17.1 Å². The Kier molecular flexibility index (Phi) is 3.76. The second-order valence-electron chi connectivity index (χ2n) is 4.97. The molecule has 0 N–H and O–H groups in total. The van der Waals surface area contributed by atoms with Crippen LogP contribution in [0.15, 0.2) is 42.5 Å². The van der Waals surface area contributed by atoms with E-state index in [4.69, 9.17) is 34.8 Å². The first-order valence-electron chi connectivity index (χ1n) is 6.31. The normalized spacial score (nSPS) is 20.8. The van der Waals surface area contributed by atoms with Crippen LogP contribution < -0.4 is 0 Å². The first-order valence-corrected chi connectivity index (χ1v) is 7.45. The Morgan fingerprint density at radius 2 is 1.60 bits per heavy atom. The highest BCUT2D eigenvalue weighted by Crippen LogP contribution is 2.50. The maximum absolute atomic E-state index is 12.5. The number of carbonyl (C=O) groups excluding carboxylic acids is 1. The SMILES string of the molecule is O=C(c1c(Cl)cc(Cl)cc1Cl)C1CC1c1ccccc1. The van der Waals surface area contributed by atoms with Crippen LogP contribution in [0.3, 0.4) is 0 Å². The summed E-state index contributed by atoms with van der Waals surface area (Å²) in [6, 6.07) is 13.1. The number of hydrogen-bond acceptors (Lipinski definition) is 1. The Bertz CT molecular complexity index is 644. The summed E-state index contributed by atoms with van der Waals surface area (Å²) >= 11 is 18.1. The highest BCUT2D eigenvalue weighted by molar-refractivity contribution is 6.42. The maximum atomic E-state index is 12.5. The zero-order valence-electron chi connectivity index (χ0n) is 10.4. The first-order chi connectivity index (χ1) is 9.58. The van der Waals surface area contributed by atoms with Crippen molar-refractivity contribution in [3.05, 3.63) is 68.7 Å². The van der Waals surface area contributed by atoms with Gasteiger partial charge in [0, 0.05) is 10.9 Å². The third kappa shape index (κ3) is 2.58. The third-order valence-electron chi connectivity index (χ3n) is 3.61. The Morgan fingerprint density at radius 1 is 1.00 bits per heavy atom. The fourth-order valence-electron chi connectivity index (χ4n) is 2.52. The van der Waals surface area contributed by atoms with Gasteiger partial charge in [-0.15, -0.1) is 0 Å². The number of Topliss-reactive ketones (excluding diaryl/α,β-unsaturated/α-hetero) is 1. The van der Waals surface area contributed by atoms with Crippen LogP contribution in [0.5, 0.6) is 0 Å². The minimum Gasteiger partial charge on any atom is -0.294 e. The van der Waals surface area contributed by atoms with E-state index in [2.05, 4.69) is 0 Å². The van der Waals surface area contributed by atoms with Crippen molar-refractivity contribution in [3.63, 3.8) is 0 Å². The van der Waals surface area contributed by atoms with Gasteiger partial charge in [-0.05, 0) is 30.0 Å². The molecule has 20 heavy (non-hydrogen) atoms. The fraction of sp³-hybridized carbons (Fsp3) is 0.188. The van der Waals surface area contributed by atoms with Crippen molar-refractivity contribution < 1.29 is 4.79 Å². The Labute approximate surface area is 132 Å². The minimum atomic E-state index is -0.0337. The molecule has 0 radical (unpaired) electrons. The highest BCUT2D eigenvalue weighted by Gasteiger charge is 2.45. The molecule has 2 unspecified atom stereocenters. The monoisotopic (exact) mass is 324 g/mol. The van der Waals surface area contributed by atoms with Crippen LogP contribution in [-0.2, 0) is 0 Å². The minimum absolute atomic E-state index is 0.00511. The van der Waals surface area contributed by atoms with E-state index in [9.17, 15) is 4.79 Å². The van der Waals surface area contributed by atoms with Crippen LogP contribution in [0, 0.1) is 5.92 Å². The van der Waals surface area contributed by atoms with E-state index in [-0.39, 0.29) is 17.6 Å². The molecule has 1 fully saturated rings. The predicted molar refractivity (Wildman–Crippen MR) is 83.1 cm³/mol. The van der Waals surface area contributed by atoms with Crippen LogP contribution in [0.4, 0.5) is 0 Å². The maximum Gasteiger partial charge on any atom is 0.169 e. The molecule has 2 aromatic rings. The van der Waals surface area contributed by atoms with Gasteiger partial charge in [-0.25, -0.2) is 0 Å². The molecular weight excluding hydrogens is 315 g/mol. The van der Waals surface area contributed by atoms with E-state index in [1.165, 1.54) is 5.56 Å². The molecule has 2 atom stereocenters. The number of rotatable bonds is 3. The molecular formula is C16H11Cl3O. The Hall–Kier alpha value is -1.02. The van der Waals surface area contributed by atoms with Gasteiger partial charge in [0.2, 0.25) is 0 Å². The lowest BCUT2D eigenvalue weighted by molar-refractivity contribution is 0.0965. The summed E-state index contributed by atoms with van der Waals surface area (Å²) < 4.78 is 0. The highest BCUT2D eigenvalue weighted by atomic mass is 35.5. The fourth-order valence-corrected chi connectivity index (χ4v) is 3.52. The summed E-state index contributed by atoms with van der Waals surface area (Å²) in [4.78, 5) is 12.5. The van der Waals surface area contributed by atoms with Gasteiger partial charge < -0.3 is 0 Å². The van der Waals surface area contributed by atoms with Crippen molar-refractivity contribution in [1.82, 2.24) is 0 Å². The van der Waals surface area contributed by atoms with Crippen molar-refractivity contribution >= 4 is 40.6 Å². The molecule has 1 aliphatic carbocycles. The van der Waals surface area contributed by atoms with Crippen molar-refractivity contribution in [2.24, 2.45) is 5.92 Å². The average molecular weight is 326 g/mol. The molecule has 0 heterocycles. The predicted octanol–water partition coefficient (Wildman–Crippen LogP) is 5.63. The van der Waals surface area contributed by atoms with Gasteiger partial charge in [0.25, 0.3) is 0 Å². The van der Waals surface area contributed by atoms with Gasteiger partial charge >= 0.3 is 0 Å². The van der Waals surface area contributed by atoms with Gasteiger partial charge in [0.1, 0.15) is 0 Å². The van der Waals surface area contributed by atoms with Crippen LogP contribution >= 0.6 is 34.8 Å². The molecule has 1 nitrogen and oxygen atoms in total. The molecule has 102 valence electrons. The Balaban J connectivity index is 1.86. The lowest BCUT2D eigenvalue weighted by Gasteiger charge is -2.07. The average Bonchev–Trinajstić information content (AvgIpc) is 3.18. The molecule has 2 aromatic carbocycles. The van der Waals surface area contributed by atoms with E-state index in [0.717, 1.165) is 6.42 Å². The van der Waals surface area contributed by atoms with Crippen LogP contribution in [0.2, 0.25) is 15.1 Å². The number of ketones is 1. The quantitative estimate of drug-likeness (QED) is 0.668. The lowest BCUT2D eigenvalue weighted by Crippen LogP contribution is -2.05. The summed E-state index contributed by atoms with van der Waals surface area (Å²) in [5, 5.41) is 1.09. The zero-order chi connectivity index (χ0) is 14.3. The molecule has 4 heteroatoms. The third-order valence-corrected chi connectivity index (χ3v) is 4.42. The zero-order valence-corrected chi connectivity index (χ0v) is 12.7. The van der Waals surface area contributed by atoms with E-state index in [0.29, 0.717) is 20.6 Å². The number of hydrogen-bond donors (Lipinski definition) is 0. The van der Waals surface area contributed by atoms with Gasteiger partial charge in [0.05, 0.1) is 15.6 Å². The van der Waals surface area contributed by atoms with Gasteiger partial charge in [0.15, 0.2) is 5.78 Å². The van der Waals surface area contributed by atoms with Gasteiger partial charge in [-0.1, -0.05) is 65.1 Å². The van der Waals surface area contributed by atoms with Gasteiger partial charge in [-0.3, -0.25) is 4.79 Å². The standard InChI is InChI=1S/C16H11Cl3O/c17-10-6-13(18)15(14(19)7-10)16(20)12-8-11(12)9-4-2-1-3-5-9/h1-7,11-12H,8H2. The molecule has 0 aliphatic heterocycles. The van der Waals surface area contributed by atoms with Crippen LogP contribution in [0.25, 0.3) is 0 Å². The molecule has 0 spiro atoms. The van der Waals surface area contributed by atoms with E-state index in [1.54, 1.807) is 12.1 Å². The summed E-state index contributed by atoms with van der Waals surface area (Å²) in [5.74, 6) is 0.241. The molecule has 0 saturated heterocycles. The first kappa shape index (κ1) is 13.9. The smallest absolute Gasteiger partial charge is 0.169 e. The summed E-state index contributed by atoms with van der Waals surface area (Å²) in [5.41, 5.74) is 1.58. The van der Waals surface area contributed by atoms with Crippen molar-refractivity contribution in [1.29, 1.82) is 0 Å². The largest absolute Gasteiger partial charge is 0.294 e. The second kappa shape index (κ2) is 5.40. The summed E-state index contributed by atoms with van der Waals surface area (Å²) in [6.07, 6.45) is 0.845. The molecule has 3 rings (SSSR count). The second-order valence-corrected chi connectivity index (χ2v) is 6.22. The number of halogens is 3. The van der Waals surface area contributed by atoms with Crippen LogP contribution in [0.1, 0.15) is 28.3 Å². The molecule has 0 amide bonds. The summed E-state index contributed by atoms with van der Waals surface area (Å²) in [6.45, 7) is 0.